The van der Waals surface area contributed by atoms with Crippen LogP contribution in [0, 0.1) is 6.92 Å². The van der Waals surface area contributed by atoms with Crippen molar-refractivity contribution < 1.29 is 0 Å². The van der Waals surface area contributed by atoms with E-state index in [1.165, 1.54) is 16.7 Å². The molecule has 2 aromatic rings. The molecule has 1 unspecified atom stereocenters. The molecule has 1 spiro atoms. The smallest absolute Gasteiger partial charge is 0.196 e. The van der Waals surface area contributed by atoms with Crippen molar-refractivity contribution in [3.63, 3.8) is 0 Å². The molecule has 0 amide bonds. The number of aryl methyl sites for hydroxylation is 2. The predicted octanol–water partition coefficient (Wildman–Crippen LogP) is 2.97. The highest BCUT2D eigenvalue weighted by Gasteiger charge is 2.48. The Morgan fingerprint density at radius 3 is 2.86 bits per heavy atom. The zero-order valence-corrected chi connectivity index (χ0v) is 12.2. The summed E-state index contributed by atoms with van der Waals surface area (Å²) in [5.41, 5.74) is 11.4. The zero-order valence-electron chi connectivity index (χ0n) is 12.2. The highest BCUT2D eigenvalue weighted by Crippen LogP contribution is 2.46. The van der Waals surface area contributed by atoms with E-state index in [0.717, 1.165) is 25.1 Å². The van der Waals surface area contributed by atoms with E-state index in [1.54, 1.807) is 0 Å². The van der Waals surface area contributed by atoms with Crippen LogP contribution in [0.2, 0.25) is 0 Å². The predicted molar refractivity (Wildman–Crippen MR) is 86.6 cm³/mol. The van der Waals surface area contributed by atoms with Crippen LogP contribution in [0.1, 0.15) is 23.1 Å². The lowest BCUT2D eigenvalue weighted by atomic mass is 9.90. The fourth-order valence-electron chi connectivity index (χ4n) is 3.78. The first kappa shape index (κ1) is 12.5. The number of rotatable bonds is 1. The number of nitrogens with zero attached hydrogens (tertiary/aromatic N) is 2. The van der Waals surface area contributed by atoms with Gasteiger partial charge in [0.05, 0.1) is 12.1 Å². The lowest BCUT2D eigenvalue weighted by Crippen LogP contribution is -2.48. The topological polar surface area (TPSA) is 41.6 Å². The van der Waals surface area contributed by atoms with E-state index in [1.807, 2.05) is 0 Å². The Kier molecular flexibility index (Phi) is 2.58. The molecule has 4 rings (SSSR count). The minimum atomic E-state index is -0.0888. The summed E-state index contributed by atoms with van der Waals surface area (Å²) in [5.74, 6) is 0.636. The lowest BCUT2D eigenvalue weighted by molar-refractivity contribution is 0.476. The molecule has 3 heteroatoms. The lowest BCUT2D eigenvalue weighted by Gasteiger charge is -2.37. The standard InChI is InChI=1S/C18H19N3/c1-13-5-4-7-15(11-13)21-17(19)20-12-18(21)10-9-14-6-2-3-8-16(14)18/h2-8,11H,9-10,12H2,1H3,(H2,19,20). The average Bonchev–Trinajstić information content (AvgIpc) is 3.02. The molecule has 2 N–H and O–H groups in total. The molecule has 2 aliphatic rings. The summed E-state index contributed by atoms with van der Waals surface area (Å²) in [4.78, 5) is 6.82. The van der Waals surface area contributed by atoms with Crippen LogP contribution in [0.4, 0.5) is 5.69 Å². The van der Waals surface area contributed by atoms with Crippen molar-refractivity contribution in [1.29, 1.82) is 0 Å². The van der Waals surface area contributed by atoms with Gasteiger partial charge in [-0.2, -0.15) is 0 Å². The van der Waals surface area contributed by atoms with Crippen molar-refractivity contribution in [2.45, 2.75) is 25.3 Å². The number of hydrogen-bond donors (Lipinski definition) is 1. The van der Waals surface area contributed by atoms with Gasteiger partial charge in [-0.05, 0) is 48.6 Å². The SMILES string of the molecule is Cc1cccc(N2C(N)=NCC23CCc2ccccc23)c1. The third kappa shape index (κ3) is 1.70. The molecule has 2 aromatic carbocycles. The van der Waals surface area contributed by atoms with Crippen LogP contribution in [0.25, 0.3) is 0 Å². The van der Waals surface area contributed by atoms with Crippen LogP contribution in [0.5, 0.6) is 0 Å². The number of nitrogens with two attached hydrogens (primary N) is 1. The molecule has 3 nitrogen and oxygen atoms in total. The van der Waals surface area contributed by atoms with E-state index in [2.05, 4.69) is 65.3 Å². The molecule has 1 heterocycles. The minimum Gasteiger partial charge on any atom is -0.369 e. The second-order valence-corrected chi connectivity index (χ2v) is 6.04. The summed E-state index contributed by atoms with van der Waals surface area (Å²) in [6, 6.07) is 17.2. The van der Waals surface area contributed by atoms with Gasteiger partial charge in [0.15, 0.2) is 5.96 Å². The fourth-order valence-corrected chi connectivity index (χ4v) is 3.78. The summed E-state index contributed by atoms with van der Waals surface area (Å²) in [7, 11) is 0. The van der Waals surface area contributed by atoms with Crippen LogP contribution in [-0.4, -0.2) is 12.5 Å². The molecule has 0 fully saturated rings. The first-order valence-electron chi connectivity index (χ1n) is 7.46. The summed E-state index contributed by atoms with van der Waals surface area (Å²) in [5, 5.41) is 0. The molecule has 0 bridgehead atoms. The van der Waals surface area contributed by atoms with Gasteiger partial charge in [0.1, 0.15) is 0 Å². The monoisotopic (exact) mass is 277 g/mol. The van der Waals surface area contributed by atoms with Gasteiger partial charge in [0, 0.05) is 5.69 Å². The zero-order chi connectivity index (χ0) is 14.4. The number of benzene rings is 2. The van der Waals surface area contributed by atoms with Crippen LogP contribution >= 0.6 is 0 Å². The second kappa shape index (κ2) is 4.35. The Morgan fingerprint density at radius 2 is 2.00 bits per heavy atom. The van der Waals surface area contributed by atoms with E-state index in [4.69, 9.17) is 5.73 Å². The molecule has 0 radical (unpaired) electrons. The molecule has 0 aromatic heterocycles. The van der Waals surface area contributed by atoms with Gasteiger partial charge in [-0.25, -0.2) is 0 Å². The first-order valence-corrected chi connectivity index (χ1v) is 7.46. The van der Waals surface area contributed by atoms with Gasteiger partial charge >= 0.3 is 0 Å². The number of fused-ring (bicyclic) bond motifs is 2. The molecule has 0 saturated carbocycles. The van der Waals surface area contributed by atoms with E-state index in [9.17, 15) is 0 Å². The van der Waals surface area contributed by atoms with Crippen molar-refractivity contribution >= 4 is 11.6 Å². The minimum absolute atomic E-state index is 0.0888. The Hall–Kier alpha value is -2.29. The molecule has 21 heavy (non-hydrogen) atoms. The first-order chi connectivity index (χ1) is 10.2. The Bertz CT molecular complexity index is 735. The number of anilines is 1. The maximum Gasteiger partial charge on any atom is 0.196 e. The van der Waals surface area contributed by atoms with Crippen LogP contribution in [0.15, 0.2) is 53.5 Å². The van der Waals surface area contributed by atoms with E-state index in [0.29, 0.717) is 5.96 Å². The van der Waals surface area contributed by atoms with Gasteiger partial charge in [-0.1, -0.05) is 36.4 Å². The van der Waals surface area contributed by atoms with Gasteiger partial charge in [0.25, 0.3) is 0 Å². The molecular formula is C18H19N3. The molecule has 1 atom stereocenters. The highest BCUT2D eigenvalue weighted by atomic mass is 15.4. The molecule has 1 aliphatic heterocycles. The van der Waals surface area contributed by atoms with E-state index < -0.39 is 0 Å². The van der Waals surface area contributed by atoms with Crippen molar-refractivity contribution in [2.24, 2.45) is 10.7 Å². The second-order valence-electron chi connectivity index (χ2n) is 6.04. The Balaban J connectivity index is 1.87. The summed E-state index contributed by atoms with van der Waals surface area (Å²) in [6.07, 6.45) is 2.17. The average molecular weight is 277 g/mol. The van der Waals surface area contributed by atoms with Crippen molar-refractivity contribution in [2.75, 3.05) is 11.4 Å². The van der Waals surface area contributed by atoms with Crippen molar-refractivity contribution in [3.8, 4) is 0 Å². The van der Waals surface area contributed by atoms with Gasteiger partial charge < -0.3 is 10.6 Å². The van der Waals surface area contributed by atoms with Crippen LogP contribution < -0.4 is 10.6 Å². The molecule has 106 valence electrons. The third-order valence-electron chi connectivity index (χ3n) is 4.75. The van der Waals surface area contributed by atoms with Gasteiger partial charge in [-0.3, -0.25) is 4.99 Å². The van der Waals surface area contributed by atoms with Crippen LogP contribution in [-0.2, 0) is 12.0 Å². The third-order valence-corrected chi connectivity index (χ3v) is 4.75. The van der Waals surface area contributed by atoms with E-state index in [-0.39, 0.29) is 5.54 Å². The molecule has 0 saturated heterocycles. The maximum atomic E-state index is 6.25. The van der Waals surface area contributed by atoms with Gasteiger partial charge in [0.2, 0.25) is 0 Å². The maximum absolute atomic E-state index is 6.25. The molecule has 1 aliphatic carbocycles. The molecular weight excluding hydrogens is 258 g/mol. The van der Waals surface area contributed by atoms with Gasteiger partial charge in [-0.15, -0.1) is 0 Å². The fraction of sp³-hybridized carbons (Fsp3) is 0.278. The number of aliphatic imine (C=N–C) groups is 1. The van der Waals surface area contributed by atoms with Crippen molar-refractivity contribution in [3.05, 3.63) is 65.2 Å². The van der Waals surface area contributed by atoms with Crippen molar-refractivity contribution in [1.82, 2.24) is 0 Å². The number of guanidine groups is 1. The Labute approximate surface area is 125 Å². The number of hydrogen-bond acceptors (Lipinski definition) is 3. The Morgan fingerprint density at radius 1 is 1.14 bits per heavy atom. The summed E-state index contributed by atoms with van der Waals surface area (Å²) < 4.78 is 0. The summed E-state index contributed by atoms with van der Waals surface area (Å²) >= 11 is 0. The van der Waals surface area contributed by atoms with Crippen LogP contribution in [0.3, 0.4) is 0 Å². The summed E-state index contributed by atoms with van der Waals surface area (Å²) in [6.45, 7) is 2.87. The normalized spacial score (nSPS) is 23.5. The van der Waals surface area contributed by atoms with E-state index >= 15 is 0 Å². The highest BCUT2D eigenvalue weighted by molar-refractivity contribution is 5.99. The largest absolute Gasteiger partial charge is 0.369 e. The quantitative estimate of drug-likeness (QED) is 0.870.